The van der Waals surface area contributed by atoms with Crippen LogP contribution in [0.3, 0.4) is 0 Å². The van der Waals surface area contributed by atoms with Crippen molar-refractivity contribution in [1.29, 1.82) is 0 Å². The maximum atomic E-state index is 11.1. The van der Waals surface area contributed by atoms with Gasteiger partial charge in [-0.15, -0.1) is 0 Å². The van der Waals surface area contributed by atoms with Crippen LogP contribution in [0, 0.1) is 5.92 Å². The SMILES string of the molecule is O=C(O)Cn1c(CC2CCC2)nc2cc(Cl)c(Cl)cc21. The molecule has 0 radical (unpaired) electrons. The van der Waals surface area contributed by atoms with Crippen LogP contribution in [0.5, 0.6) is 0 Å². The van der Waals surface area contributed by atoms with Gasteiger partial charge in [-0.3, -0.25) is 4.79 Å². The third-order valence-corrected chi connectivity index (χ3v) is 4.58. The van der Waals surface area contributed by atoms with Crippen molar-refractivity contribution < 1.29 is 9.90 Å². The molecule has 0 aliphatic heterocycles. The lowest BCUT2D eigenvalue weighted by Gasteiger charge is -2.24. The molecule has 1 aromatic carbocycles. The highest BCUT2D eigenvalue weighted by molar-refractivity contribution is 6.42. The Hall–Kier alpha value is -1.26. The summed E-state index contributed by atoms with van der Waals surface area (Å²) in [6.45, 7) is -0.101. The van der Waals surface area contributed by atoms with E-state index in [0.29, 0.717) is 21.5 Å². The summed E-state index contributed by atoms with van der Waals surface area (Å²) in [6.07, 6.45) is 4.45. The minimum atomic E-state index is -0.884. The number of carboxylic acid groups (broad SMARTS) is 1. The number of rotatable bonds is 4. The van der Waals surface area contributed by atoms with Crippen LogP contribution < -0.4 is 0 Å². The molecule has 1 heterocycles. The van der Waals surface area contributed by atoms with Crippen molar-refractivity contribution in [3.05, 3.63) is 28.0 Å². The number of nitrogens with zero attached hydrogens (tertiary/aromatic N) is 2. The van der Waals surface area contributed by atoms with E-state index in [1.165, 1.54) is 19.3 Å². The van der Waals surface area contributed by atoms with Gasteiger partial charge in [0.15, 0.2) is 0 Å². The minimum Gasteiger partial charge on any atom is -0.480 e. The molecular formula is C14H14Cl2N2O2. The maximum Gasteiger partial charge on any atom is 0.323 e. The number of fused-ring (bicyclic) bond motifs is 1. The highest BCUT2D eigenvalue weighted by atomic mass is 35.5. The number of carbonyl (C=O) groups is 1. The summed E-state index contributed by atoms with van der Waals surface area (Å²) in [5.74, 6) is 0.543. The first-order valence-electron chi connectivity index (χ1n) is 6.60. The summed E-state index contributed by atoms with van der Waals surface area (Å²) < 4.78 is 1.73. The molecule has 0 unspecified atom stereocenters. The van der Waals surface area contributed by atoms with E-state index in [1.54, 1.807) is 16.7 Å². The number of carboxylic acids is 1. The number of aliphatic carboxylic acids is 1. The van der Waals surface area contributed by atoms with Crippen LogP contribution in [0.25, 0.3) is 11.0 Å². The highest BCUT2D eigenvalue weighted by Crippen LogP contribution is 2.32. The molecule has 2 aromatic rings. The Morgan fingerprint density at radius 1 is 1.35 bits per heavy atom. The fraction of sp³-hybridized carbons (Fsp3) is 0.429. The minimum absolute atomic E-state index is 0.101. The molecule has 1 aliphatic rings. The molecule has 0 saturated heterocycles. The van der Waals surface area contributed by atoms with E-state index in [9.17, 15) is 4.79 Å². The monoisotopic (exact) mass is 312 g/mol. The first-order valence-corrected chi connectivity index (χ1v) is 7.36. The van der Waals surface area contributed by atoms with Crippen LogP contribution in [-0.4, -0.2) is 20.6 Å². The van der Waals surface area contributed by atoms with Crippen LogP contribution in [-0.2, 0) is 17.8 Å². The Kier molecular flexibility index (Phi) is 3.61. The molecule has 0 spiro atoms. The lowest BCUT2D eigenvalue weighted by molar-refractivity contribution is -0.137. The molecule has 1 saturated carbocycles. The Morgan fingerprint density at radius 2 is 2.05 bits per heavy atom. The van der Waals surface area contributed by atoms with Gasteiger partial charge in [-0.1, -0.05) is 42.5 Å². The van der Waals surface area contributed by atoms with Crippen molar-refractivity contribution >= 4 is 40.2 Å². The van der Waals surface area contributed by atoms with E-state index < -0.39 is 5.97 Å². The molecular weight excluding hydrogens is 299 g/mol. The molecule has 1 N–H and O–H groups in total. The van der Waals surface area contributed by atoms with Crippen LogP contribution in [0.15, 0.2) is 12.1 Å². The lowest BCUT2D eigenvalue weighted by Crippen LogP contribution is -2.19. The van der Waals surface area contributed by atoms with E-state index in [1.807, 2.05) is 0 Å². The van der Waals surface area contributed by atoms with Crippen LogP contribution in [0.2, 0.25) is 10.0 Å². The zero-order valence-electron chi connectivity index (χ0n) is 10.8. The van der Waals surface area contributed by atoms with Gasteiger partial charge in [-0.05, 0) is 18.1 Å². The number of aromatic nitrogens is 2. The summed E-state index contributed by atoms with van der Waals surface area (Å²) in [5, 5.41) is 9.95. The normalized spacial score (nSPS) is 15.5. The van der Waals surface area contributed by atoms with E-state index in [2.05, 4.69) is 4.98 Å². The van der Waals surface area contributed by atoms with Gasteiger partial charge in [-0.2, -0.15) is 0 Å². The second-order valence-corrected chi connectivity index (χ2v) is 6.08. The molecule has 4 nitrogen and oxygen atoms in total. The van der Waals surface area contributed by atoms with Crippen molar-refractivity contribution in [3.63, 3.8) is 0 Å². The van der Waals surface area contributed by atoms with Gasteiger partial charge in [0.1, 0.15) is 12.4 Å². The quantitative estimate of drug-likeness (QED) is 0.935. The van der Waals surface area contributed by atoms with E-state index >= 15 is 0 Å². The van der Waals surface area contributed by atoms with Gasteiger partial charge >= 0.3 is 5.97 Å². The predicted octanol–water partition coefficient (Wildman–Crippen LogP) is 3.77. The van der Waals surface area contributed by atoms with Gasteiger partial charge in [-0.25, -0.2) is 4.98 Å². The van der Waals surface area contributed by atoms with Crippen molar-refractivity contribution in [2.75, 3.05) is 0 Å². The van der Waals surface area contributed by atoms with Crippen molar-refractivity contribution in [3.8, 4) is 0 Å². The van der Waals surface area contributed by atoms with E-state index in [0.717, 1.165) is 17.8 Å². The largest absolute Gasteiger partial charge is 0.480 e. The maximum absolute atomic E-state index is 11.1. The van der Waals surface area contributed by atoms with Gasteiger partial charge in [0, 0.05) is 6.42 Å². The summed E-state index contributed by atoms with van der Waals surface area (Å²) in [5.41, 5.74) is 1.44. The van der Waals surface area contributed by atoms with Gasteiger partial charge < -0.3 is 9.67 Å². The zero-order valence-corrected chi connectivity index (χ0v) is 12.3. The summed E-state index contributed by atoms with van der Waals surface area (Å²) in [6, 6.07) is 3.39. The Morgan fingerprint density at radius 3 is 2.65 bits per heavy atom. The van der Waals surface area contributed by atoms with Crippen LogP contribution in [0.1, 0.15) is 25.1 Å². The molecule has 106 valence electrons. The van der Waals surface area contributed by atoms with Gasteiger partial charge in [0.05, 0.1) is 21.1 Å². The van der Waals surface area contributed by atoms with Gasteiger partial charge in [0.25, 0.3) is 0 Å². The van der Waals surface area contributed by atoms with E-state index in [4.69, 9.17) is 28.3 Å². The first kappa shape index (κ1) is 13.7. The Labute approximate surface area is 126 Å². The van der Waals surface area contributed by atoms with Crippen molar-refractivity contribution in [1.82, 2.24) is 9.55 Å². The highest BCUT2D eigenvalue weighted by Gasteiger charge is 2.22. The molecule has 1 aromatic heterocycles. The number of halogens is 2. The smallest absolute Gasteiger partial charge is 0.323 e. The second-order valence-electron chi connectivity index (χ2n) is 5.26. The van der Waals surface area contributed by atoms with E-state index in [-0.39, 0.29) is 6.54 Å². The molecule has 0 amide bonds. The average molecular weight is 313 g/mol. The topological polar surface area (TPSA) is 55.1 Å². The third-order valence-electron chi connectivity index (χ3n) is 3.86. The second kappa shape index (κ2) is 5.26. The fourth-order valence-corrected chi connectivity index (χ4v) is 2.91. The molecule has 1 fully saturated rings. The molecule has 20 heavy (non-hydrogen) atoms. The number of hydrogen-bond donors (Lipinski definition) is 1. The third kappa shape index (κ3) is 2.50. The lowest BCUT2D eigenvalue weighted by atomic mass is 9.83. The fourth-order valence-electron chi connectivity index (χ4n) is 2.59. The molecule has 1 aliphatic carbocycles. The molecule has 0 bridgehead atoms. The predicted molar refractivity (Wildman–Crippen MR) is 78.4 cm³/mol. The Balaban J connectivity index is 2.08. The van der Waals surface area contributed by atoms with Gasteiger partial charge in [0.2, 0.25) is 0 Å². The summed E-state index contributed by atoms with van der Waals surface area (Å²) in [7, 11) is 0. The standard InChI is InChI=1S/C14H14Cl2N2O2/c15-9-5-11-12(6-10(9)16)18(7-14(19)20)13(17-11)4-8-2-1-3-8/h5-6,8H,1-4,7H2,(H,19,20). The number of hydrogen-bond acceptors (Lipinski definition) is 2. The summed E-state index contributed by atoms with van der Waals surface area (Å²) in [4.78, 5) is 15.6. The summed E-state index contributed by atoms with van der Waals surface area (Å²) >= 11 is 12.0. The van der Waals surface area contributed by atoms with Crippen LogP contribution in [0.4, 0.5) is 0 Å². The average Bonchev–Trinajstić information content (AvgIpc) is 2.62. The molecule has 3 rings (SSSR count). The number of benzene rings is 1. The Bertz CT molecular complexity index is 677. The molecule has 6 heteroatoms. The van der Waals surface area contributed by atoms with Crippen molar-refractivity contribution in [2.45, 2.75) is 32.2 Å². The first-order chi connectivity index (χ1) is 9.54. The zero-order chi connectivity index (χ0) is 14.3. The van der Waals surface area contributed by atoms with Crippen molar-refractivity contribution in [2.24, 2.45) is 5.92 Å². The number of imidazole rings is 1. The van der Waals surface area contributed by atoms with Crippen LogP contribution >= 0.6 is 23.2 Å². The molecule has 0 atom stereocenters.